The van der Waals surface area contributed by atoms with Crippen LogP contribution in [-0.2, 0) is 0 Å². The van der Waals surface area contributed by atoms with Crippen molar-refractivity contribution in [1.29, 1.82) is 5.26 Å². The van der Waals surface area contributed by atoms with E-state index in [-0.39, 0.29) is 5.92 Å². The molecule has 0 saturated heterocycles. The van der Waals surface area contributed by atoms with Crippen LogP contribution in [0.25, 0.3) is 5.57 Å². The summed E-state index contributed by atoms with van der Waals surface area (Å²) in [6, 6.07) is 10.2. The summed E-state index contributed by atoms with van der Waals surface area (Å²) in [5.41, 5.74) is 9.56. The van der Waals surface area contributed by atoms with Crippen molar-refractivity contribution in [2.75, 3.05) is 0 Å². The topological polar surface area (TPSA) is 49.8 Å². The maximum Gasteiger partial charge on any atom is 0.102 e. The van der Waals surface area contributed by atoms with E-state index in [1.807, 2.05) is 18.2 Å². The lowest BCUT2D eigenvalue weighted by molar-refractivity contribution is 0.767. The minimum atomic E-state index is 0.237. The van der Waals surface area contributed by atoms with Gasteiger partial charge in [0.15, 0.2) is 0 Å². The Labute approximate surface area is 83.7 Å². The Morgan fingerprint density at radius 3 is 2.79 bits per heavy atom. The van der Waals surface area contributed by atoms with E-state index in [4.69, 9.17) is 11.0 Å². The predicted molar refractivity (Wildman–Crippen MR) is 56.2 cm³/mol. The van der Waals surface area contributed by atoms with Crippen molar-refractivity contribution in [3.8, 4) is 6.07 Å². The van der Waals surface area contributed by atoms with Crippen LogP contribution in [0.3, 0.4) is 0 Å². The molecule has 2 nitrogen and oxygen atoms in total. The molecule has 0 bridgehead atoms. The fourth-order valence-corrected chi connectivity index (χ4v) is 2.09. The average Bonchev–Trinajstić information content (AvgIpc) is 2.49. The lowest BCUT2D eigenvalue weighted by atomic mass is 9.97. The zero-order chi connectivity index (χ0) is 10.1. The number of hydrogen-bond acceptors (Lipinski definition) is 2. The highest BCUT2D eigenvalue weighted by Crippen LogP contribution is 2.40. The van der Waals surface area contributed by atoms with Crippen LogP contribution in [0.5, 0.6) is 0 Å². The van der Waals surface area contributed by atoms with Crippen molar-refractivity contribution in [2.45, 2.75) is 19.3 Å². The SMILES string of the molecule is CCC1C(N)=C(C#N)c2ccccc21. The normalized spacial score (nSPS) is 19.3. The standard InChI is InChI=1S/C12H12N2/c1-2-8-9-5-3-4-6-10(9)11(7-13)12(8)14/h3-6,8H,2,14H2,1H3. The molecule has 1 atom stereocenters. The largest absolute Gasteiger partial charge is 0.400 e. The van der Waals surface area contributed by atoms with Gasteiger partial charge in [-0.1, -0.05) is 31.2 Å². The Hall–Kier alpha value is -1.75. The molecule has 0 fully saturated rings. The highest BCUT2D eigenvalue weighted by molar-refractivity contribution is 5.85. The Kier molecular flexibility index (Phi) is 2.01. The Morgan fingerprint density at radius 2 is 2.14 bits per heavy atom. The van der Waals surface area contributed by atoms with Crippen molar-refractivity contribution >= 4 is 5.57 Å². The average molecular weight is 184 g/mol. The van der Waals surface area contributed by atoms with E-state index in [9.17, 15) is 0 Å². The third-order valence-electron chi connectivity index (χ3n) is 2.79. The predicted octanol–water partition coefficient (Wildman–Crippen LogP) is 2.39. The molecule has 1 unspecified atom stereocenters. The van der Waals surface area contributed by atoms with Gasteiger partial charge in [-0.15, -0.1) is 0 Å². The summed E-state index contributed by atoms with van der Waals surface area (Å²) in [5, 5.41) is 9.01. The van der Waals surface area contributed by atoms with Gasteiger partial charge >= 0.3 is 0 Å². The van der Waals surface area contributed by atoms with Gasteiger partial charge in [-0.05, 0) is 17.5 Å². The van der Waals surface area contributed by atoms with E-state index >= 15 is 0 Å². The van der Waals surface area contributed by atoms with Crippen molar-refractivity contribution in [1.82, 2.24) is 0 Å². The van der Waals surface area contributed by atoms with E-state index in [1.165, 1.54) is 5.56 Å². The first-order chi connectivity index (χ1) is 6.79. The van der Waals surface area contributed by atoms with E-state index in [0.717, 1.165) is 17.7 Å². The van der Waals surface area contributed by atoms with Crippen molar-refractivity contribution in [3.05, 3.63) is 41.1 Å². The second-order valence-electron chi connectivity index (χ2n) is 3.49. The van der Waals surface area contributed by atoms with Crippen LogP contribution in [0.4, 0.5) is 0 Å². The Balaban J connectivity index is 2.64. The highest BCUT2D eigenvalue weighted by atomic mass is 14.6. The van der Waals surface area contributed by atoms with Crippen LogP contribution in [-0.4, -0.2) is 0 Å². The number of rotatable bonds is 1. The van der Waals surface area contributed by atoms with Crippen molar-refractivity contribution < 1.29 is 0 Å². The molecule has 0 saturated carbocycles. The van der Waals surface area contributed by atoms with Gasteiger partial charge in [-0.25, -0.2) is 0 Å². The number of benzene rings is 1. The number of allylic oxidation sites excluding steroid dienone is 2. The van der Waals surface area contributed by atoms with Crippen LogP contribution in [0, 0.1) is 11.3 Å². The third-order valence-corrected chi connectivity index (χ3v) is 2.79. The molecule has 2 rings (SSSR count). The molecular weight excluding hydrogens is 172 g/mol. The molecule has 1 aliphatic carbocycles. The molecule has 0 heterocycles. The molecule has 1 aliphatic rings. The second kappa shape index (κ2) is 3.19. The van der Waals surface area contributed by atoms with Gasteiger partial charge in [-0.2, -0.15) is 5.26 Å². The molecule has 2 N–H and O–H groups in total. The molecule has 0 spiro atoms. The smallest absolute Gasteiger partial charge is 0.102 e. The molecule has 0 aromatic heterocycles. The number of fused-ring (bicyclic) bond motifs is 1. The second-order valence-corrected chi connectivity index (χ2v) is 3.49. The molecule has 0 aliphatic heterocycles. The van der Waals surface area contributed by atoms with Gasteiger partial charge in [0.1, 0.15) is 6.07 Å². The van der Waals surface area contributed by atoms with Crippen molar-refractivity contribution in [3.63, 3.8) is 0 Å². The summed E-state index contributed by atoms with van der Waals surface area (Å²) in [7, 11) is 0. The van der Waals surface area contributed by atoms with E-state index in [1.54, 1.807) is 0 Å². The zero-order valence-corrected chi connectivity index (χ0v) is 8.12. The highest BCUT2D eigenvalue weighted by Gasteiger charge is 2.27. The maximum atomic E-state index is 9.01. The Morgan fingerprint density at radius 1 is 1.43 bits per heavy atom. The molecule has 1 aromatic carbocycles. The summed E-state index contributed by atoms with van der Waals surface area (Å²) >= 11 is 0. The fourth-order valence-electron chi connectivity index (χ4n) is 2.09. The summed E-state index contributed by atoms with van der Waals surface area (Å²) in [6.45, 7) is 2.09. The minimum absolute atomic E-state index is 0.237. The maximum absolute atomic E-state index is 9.01. The summed E-state index contributed by atoms with van der Waals surface area (Å²) in [4.78, 5) is 0. The molecule has 70 valence electrons. The van der Waals surface area contributed by atoms with Crippen LogP contribution in [0.2, 0.25) is 0 Å². The minimum Gasteiger partial charge on any atom is -0.400 e. The Bertz CT molecular complexity index is 438. The quantitative estimate of drug-likeness (QED) is 0.728. The number of hydrogen-bond donors (Lipinski definition) is 1. The molecule has 0 radical (unpaired) electrons. The molecular formula is C12H12N2. The first-order valence-corrected chi connectivity index (χ1v) is 4.78. The van der Waals surface area contributed by atoms with Gasteiger partial charge in [-0.3, -0.25) is 0 Å². The van der Waals surface area contributed by atoms with E-state index in [2.05, 4.69) is 19.1 Å². The zero-order valence-electron chi connectivity index (χ0n) is 8.12. The number of nitrogens with two attached hydrogens (primary N) is 1. The summed E-state index contributed by atoms with van der Waals surface area (Å²) < 4.78 is 0. The van der Waals surface area contributed by atoms with Crippen LogP contribution in [0.1, 0.15) is 30.4 Å². The van der Waals surface area contributed by atoms with Crippen molar-refractivity contribution in [2.24, 2.45) is 5.73 Å². The van der Waals surface area contributed by atoms with Gasteiger partial charge < -0.3 is 5.73 Å². The fraction of sp³-hybridized carbons (Fsp3) is 0.250. The van der Waals surface area contributed by atoms with E-state index in [0.29, 0.717) is 5.57 Å². The van der Waals surface area contributed by atoms with Crippen LogP contribution >= 0.6 is 0 Å². The van der Waals surface area contributed by atoms with Gasteiger partial charge in [0.25, 0.3) is 0 Å². The van der Waals surface area contributed by atoms with Crippen LogP contribution in [0.15, 0.2) is 30.0 Å². The lowest BCUT2D eigenvalue weighted by Gasteiger charge is -2.09. The molecule has 14 heavy (non-hydrogen) atoms. The number of nitrogens with zero attached hydrogens (tertiary/aromatic N) is 1. The first kappa shape index (κ1) is 8.83. The lowest BCUT2D eigenvalue weighted by Crippen LogP contribution is -2.05. The van der Waals surface area contributed by atoms with Crippen LogP contribution < -0.4 is 5.73 Å². The summed E-state index contributed by atoms with van der Waals surface area (Å²) in [6.07, 6.45) is 0.952. The molecule has 0 amide bonds. The van der Waals surface area contributed by atoms with Gasteiger partial charge in [0.2, 0.25) is 0 Å². The van der Waals surface area contributed by atoms with Gasteiger partial charge in [0.05, 0.1) is 5.57 Å². The summed E-state index contributed by atoms with van der Waals surface area (Å²) in [5.74, 6) is 0.237. The van der Waals surface area contributed by atoms with E-state index < -0.39 is 0 Å². The number of nitriles is 1. The molecule has 1 aromatic rings. The third kappa shape index (κ3) is 1.03. The molecule has 2 heteroatoms. The van der Waals surface area contributed by atoms with Gasteiger partial charge in [0, 0.05) is 11.6 Å². The monoisotopic (exact) mass is 184 g/mol. The first-order valence-electron chi connectivity index (χ1n) is 4.78.